The van der Waals surface area contributed by atoms with E-state index in [1.165, 1.54) is 24.1 Å². The zero-order chi connectivity index (χ0) is 22.8. The van der Waals surface area contributed by atoms with E-state index in [4.69, 9.17) is 16.3 Å². The summed E-state index contributed by atoms with van der Waals surface area (Å²) in [4.78, 5) is 27.0. The number of alkyl halides is 3. The molecule has 0 aliphatic carbocycles. The number of halogens is 4. The number of nitrogens with one attached hydrogen (secondary N) is 1. The summed E-state index contributed by atoms with van der Waals surface area (Å²) in [6, 6.07) is 7.63. The summed E-state index contributed by atoms with van der Waals surface area (Å²) in [5, 5.41) is 3.32. The summed E-state index contributed by atoms with van der Waals surface area (Å²) in [6.45, 7) is 2.30. The molecule has 1 fully saturated rings. The number of nitrogens with zero attached hydrogens (tertiary/aromatic N) is 1. The highest BCUT2D eigenvalue weighted by Gasteiger charge is 2.33. The van der Waals surface area contributed by atoms with Gasteiger partial charge in [0.1, 0.15) is 5.75 Å². The molecule has 1 N–H and O–H groups in total. The molecular formula is C22H22ClF3N2O3. The Hall–Kier alpha value is -2.74. The number of amides is 2. The molecule has 2 amide bonds. The fourth-order valence-corrected chi connectivity index (χ4v) is 3.71. The minimum Gasteiger partial charge on any atom is -0.495 e. The number of piperidine rings is 1. The van der Waals surface area contributed by atoms with Crippen LogP contribution < -0.4 is 10.1 Å². The minimum absolute atomic E-state index is 0.0501. The highest BCUT2D eigenvalue weighted by atomic mass is 35.5. The lowest BCUT2D eigenvalue weighted by atomic mass is 9.96. The average Bonchev–Trinajstić information content (AvgIpc) is 2.75. The van der Waals surface area contributed by atoms with Crippen LogP contribution in [-0.2, 0) is 11.0 Å². The molecule has 0 aromatic heterocycles. The average molecular weight is 455 g/mol. The number of rotatable bonds is 4. The Morgan fingerprint density at radius 2 is 1.97 bits per heavy atom. The number of methoxy groups -OCH3 is 1. The molecule has 0 bridgehead atoms. The highest BCUT2D eigenvalue weighted by Crippen LogP contribution is 2.32. The molecule has 1 atom stereocenters. The normalized spacial score (nSPS) is 16.7. The predicted molar refractivity (Wildman–Crippen MR) is 111 cm³/mol. The summed E-state index contributed by atoms with van der Waals surface area (Å²) in [6.07, 6.45) is -3.40. The van der Waals surface area contributed by atoms with Gasteiger partial charge < -0.3 is 15.0 Å². The van der Waals surface area contributed by atoms with E-state index in [1.807, 2.05) is 0 Å². The number of hydrogen-bond acceptors (Lipinski definition) is 3. The second-order valence-electron chi connectivity index (χ2n) is 7.46. The Balaban J connectivity index is 1.73. The van der Waals surface area contributed by atoms with E-state index in [0.29, 0.717) is 35.8 Å². The molecule has 0 saturated carbocycles. The second kappa shape index (κ2) is 9.18. The molecule has 3 rings (SSSR count). The van der Waals surface area contributed by atoms with E-state index in [9.17, 15) is 22.8 Å². The zero-order valence-electron chi connectivity index (χ0n) is 17.1. The van der Waals surface area contributed by atoms with Crippen molar-refractivity contribution in [2.24, 2.45) is 5.92 Å². The van der Waals surface area contributed by atoms with Gasteiger partial charge in [-0.05, 0) is 49.6 Å². The van der Waals surface area contributed by atoms with Crippen molar-refractivity contribution in [1.82, 2.24) is 4.90 Å². The van der Waals surface area contributed by atoms with Crippen molar-refractivity contribution >= 4 is 29.1 Å². The van der Waals surface area contributed by atoms with Gasteiger partial charge in [0, 0.05) is 29.7 Å². The van der Waals surface area contributed by atoms with Crippen molar-refractivity contribution in [2.45, 2.75) is 25.9 Å². The van der Waals surface area contributed by atoms with E-state index in [0.717, 1.165) is 17.7 Å². The van der Waals surface area contributed by atoms with E-state index in [1.54, 1.807) is 19.1 Å². The van der Waals surface area contributed by atoms with Gasteiger partial charge in [-0.1, -0.05) is 17.7 Å². The lowest BCUT2D eigenvalue weighted by Gasteiger charge is -2.32. The number of carbonyl (C=O) groups excluding carboxylic acids is 2. The highest BCUT2D eigenvalue weighted by molar-refractivity contribution is 6.31. The second-order valence-corrected chi connectivity index (χ2v) is 7.87. The zero-order valence-corrected chi connectivity index (χ0v) is 17.8. The fourth-order valence-electron chi connectivity index (χ4n) is 3.55. The molecule has 5 nitrogen and oxygen atoms in total. The Kier molecular flexibility index (Phi) is 6.79. The monoisotopic (exact) mass is 454 g/mol. The molecule has 166 valence electrons. The first-order valence-corrected chi connectivity index (χ1v) is 10.1. The Morgan fingerprint density at radius 1 is 1.23 bits per heavy atom. The lowest BCUT2D eigenvalue weighted by molar-refractivity contribution is -0.137. The topological polar surface area (TPSA) is 58.6 Å². The molecule has 2 aromatic rings. The van der Waals surface area contributed by atoms with Crippen molar-refractivity contribution in [3.05, 3.63) is 58.1 Å². The van der Waals surface area contributed by atoms with Gasteiger partial charge in [-0.2, -0.15) is 13.2 Å². The number of aryl methyl sites for hydroxylation is 1. The smallest absolute Gasteiger partial charge is 0.416 e. The molecule has 2 aromatic carbocycles. The van der Waals surface area contributed by atoms with Crippen molar-refractivity contribution in [1.29, 1.82) is 0 Å². The Labute approximate surface area is 183 Å². The first kappa shape index (κ1) is 22.9. The number of likely N-dealkylation sites (tertiary alicyclic amines) is 1. The molecule has 0 spiro atoms. The summed E-state index contributed by atoms with van der Waals surface area (Å²) in [5.74, 6) is -0.897. The summed E-state index contributed by atoms with van der Waals surface area (Å²) in [7, 11) is 1.47. The van der Waals surface area contributed by atoms with Crippen LogP contribution in [0.5, 0.6) is 5.75 Å². The van der Waals surface area contributed by atoms with Crippen LogP contribution in [-0.4, -0.2) is 36.9 Å². The summed E-state index contributed by atoms with van der Waals surface area (Å²) in [5.41, 5.74) is 0.305. The van der Waals surface area contributed by atoms with Gasteiger partial charge in [0.05, 0.1) is 24.3 Å². The van der Waals surface area contributed by atoms with Crippen LogP contribution in [0.3, 0.4) is 0 Å². The minimum atomic E-state index is -4.53. The maximum absolute atomic E-state index is 13.0. The van der Waals surface area contributed by atoms with E-state index in [-0.39, 0.29) is 18.0 Å². The molecule has 9 heteroatoms. The number of ether oxygens (including phenoxy) is 1. The maximum Gasteiger partial charge on any atom is 0.416 e. The van der Waals surface area contributed by atoms with Crippen LogP contribution in [0.4, 0.5) is 18.9 Å². The lowest BCUT2D eigenvalue weighted by Crippen LogP contribution is -2.43. The van der Waals surface area contributed by atoms with E-state index < -0.39 is 23.6 Å². The van der Waals surface area contributed by atoms with Gasteiger partial charge in [-0.15, -0.1) is 0 Å². The first-order valence-electron chi connectivity index (χ1n) is 9.71. The fraction of sp³-hybridized carbons (Fsp3) is 0.364. The molecular weight excluding hydrogens is 433 g/mol. The quantitative estimate of drug-likeness (QED) is 0.693. The number of anilines is 1. The van der Waals surface area contributed by atoms with Crippen molar-refractivity contribution in [2.75, 3.05) is 25.5 Å². The molecule has 31 heavy (non-hydrogen) atoms. The molecule has 1 saturated heterocycles. The van der Waals surface area contributed by atoms with Crippen LogP contribution in [0.1, 0.15) is 34.3 Å². The number of benzene rings is 2. The summed E-state index contributed by atoms with van der Waals surface area (Å²) >= 11 is 6.09. The Bertz CT molecular complexity index is 994. The largest absolute Gasteiger partial charge is 0.495 e. The molecule has 1 heterocycles. The molecule has 0 unspecified atom stereocenters. The van der Waals surface area contributed by atoms with Crippen molar-refractivity contribution in [3.63, 3.8) is 0 Å². The van der Waals surface area contributed by atoms with Crippen LogP contribution in [0.15, 0.2) is 36.4 Å². The van der Waals surface area contributed by atoms with E-state index >= 15 is 0 Å². The Morgan fingerprint density at radius 3 is 2.65 bits per heavy atom. The van der Waals surface area contributed by atoms with Crippen molar-refractivity contribution in [3.8, 4) is 5.75 Å². The van der Waals surface area contributed by atoms with Crippen LogP contribution in [0, 0.1) is 12.8 Å². The molecule has 1 aliphatic rings. The molecule has 0 radical (unpaired) electrons. The maximum atomic E-state index is 13.0. The van der Waals surface area contributed by atoms with Crippen molar-refractivity contribution < 1.29 is 27.5 Å². The third-order valence-electron chi connectivity index (χ3n) is 5.25. The first-order chi connectivity index (χ1) is 14.6. The van der Waals surface area contributed by atoms with Gasteiger partial charge in [0.15, 0.2) is 0 Å². The molecule has 1 aliphatic heterocycles. The number of hydrogen-bond donors (Lipinski definition) is 1. The van der Waals surface area contributed by atoms with Gasteiger partial charge >= 0.3 is 6.18 Å². The third kappa shape index (κ3) is 5.31. The van der Waals surface area contributed by atoms with Gasteiger partial charge in [-0.3, -0.25) is 9.59 Å². The number of carbonyl (C=O) groups is 2. The predicted octanol–water partition coefficient (Wildman–Crippen LogP) is 5.17. The van der Waals surface area contributed by atoms with E-state index in [2.05, 4.69) is 5.32 Å². The van der Waals surface area contributed by atoms with Crippen LogP contribution in [0.25, 0.3) is 0 Å². The third-order valence-corrected chi connectivity index (χ3v) is 5.66. The van der Waals surface area contributed by atoms with Crippen LogP contribution >= 0.6 is 11.6 Å². The standard InChI is InChI=1S/C22H22ClF3N2O3/c1-13-9-18(19(31-2)11-17(13)23)27-20(29)15-6-4-8-28(12-15)21(30)14-5-3-7-16(10-14)22(24,25)26/h3,5,7,9-11,15H,4,6,8,12H2,1-2H3,(H,27,29)/t15-/m0/s1. The van der Waals surface area contributed by atoms with Gasteiger partial charge in [0.2, 0.25) is 5.91 Å². The SMILES string of the molecule is COc1cc(Cl)c(C)cc1NC(=O)[C@H]1CCCN(C(=O)c2cccc(C(F)(F)F)c2)C1. The summed E-state index contributed by atoms with van der Waals surface area (Å²) < 4.78 is 44.2. The van der Waals surface area contributed by atoms with Gasteiger partial charge in [0.25, 0.3) is 5.91 Å². The van der Waals surface area contributed by atoms with Crippen LogP contribution in [0.2, 0.25) is 5.02 Å². The van der Waals surface area contributed by atoms with Gasteiger partial charge in [-0.25, -0.2) is 0 Å².